The molecular formula is C15H19NO2. The summed E-state index contributed by atoms with van der Waals surface area (Å²) in [5.41, 5.74) is 3.53. The van der Waals surface area contributed by atoms with Crippen LogP contribution in [-0.2, 0) is 9.59 Å². The van der Waals surface area contributed by atoms with Gasteiger partial charge < -0.3 is 0 Å². The third-order valence-corrected chi connectivity index (χ3v) is 3.64. The van der Waals surface area contributed by atoms with Gasteiger partial charge in [0.25, 0.3) is 0 Å². The highest BCUT2D eigenvalue weighted by Gasteiger charge is 2.28. The fraction of sp³-hybridized carbons (Fsp3) is 0.467. The number of piperidine rings is 1. The van der Waals surface area contributed by atoms with Crippen molar-refractivity contribution in [3.05, 3.63) is 34.9 Å². The second-order valence-electron chi connectivity index (χ2n) is 5.00. The zero-order valence-corrected chi connectivity index (χ0v) is 11.0. The maximum Gasteiger partial charge on any atom is 0.234 e. The molecule has 0 bridgehead atoms. The van der Waals surface area contributed by atoms with Gasteiger partial charge in [0.05, 0.1) is 5.92 Å². The van der Waals surface area contributed by atoms with Gasteiger partial charge in [-0.05, 0) is 44.3 Å². The van der Waals surface area contributed by atoms with Crippen LogP contribution in [0, 0.1) is 5.92 Å². The van der Waals surface area contributed by atoms with Crippen LogP contribution in [0.2, 0.25) is 0 Å². The van der Waals surface area contributed by atoms with E-state index in [0.29, 0.717) is 12.8 Å². The largest absolute Gasteiger partial charge is 0.296 e. The first-order valence-corrected chi connectivity index (χ1v) is 6.47. The number of hydrogen-bond acceptors (Lipinski definition) is 2. The van der Waals surface area contributed by atoms with E-state index in [9.17, 15) is 9.59 Å². The Morgan fingerprint density at radius 2 is 1.83 bits per heavy atom. The molecule has 2 rings (SSSR count). The van der Waals surface area contributed by atoms with Gasteiger partial charge in [0.15, 0.2) is 0 Å². The summed E-state index contributed by atoms with van der Waals surface area (Å²) in [6, 6.07) is 0. The third kappa shape index (κ3) is 2.78. The number of hydrogen-bond donors (Lipinski definition) is 1. The molecule has 1 unspecified atom stereocenters. The molecule has 1 aliphatic heterocycles. The van der Waals surface area contributed by atoms with Crippen LogP contribution in [0.5, 0.6) is 0 Å². The molecule has 0 aromatic heterocycles. The first-order chi connectivity index (χ1) is 8.58. The maximum absolute atomic E-state index is 11.9. The fourth-order valence-electron chi connectivity index (χ4n) is 2.39. The molecule has 1 atom stereocenters. The van der Waals surface area contributed by atoms with Gasteiger partial charge in [0, 0.05) is 6.42 Å². The van der Waals surface area contributed by atoms with Crippen molar-refractivity contribution >= 4 is 11.8 Å². The normalized spacial score (nSPS) is 31.2. The van der Waals surface area contributed by atoms with E-state index >= 15 is 0 Å². The van der Waals surface area contributed by atoms with E-state index in [1.165, 1.54) is 11.1 Å². The van der Waals surface area contributed by atoms with E-state index in [1.807, 2.05) is 0 Å². The van der Waals surface area contributed by atoms with Crippen LogP contribution in [0.1, 0.15) is 39.5 Å². The Balaban J connectivity index is 2.24. The minimum absolute atomic E-state index is 0.149. The Hall–Kier alpha value is -1.64. The molecule has 18 heavy (non-hydrogen) atoms. The number of carbonyl (C=O) groups excluding carboxylic acids is 2. The maximum atomic E-state index is 11.9. The minimum atomic E-state index is -0.163. The summed E-state index contributed by atoms with van der Waals surface area (Å²) >= 11 is 0. The predicted octanol–water partition coefficient (Wildman–Crippen LogP) is 2.65. The van der Waals surface area contributed by atoms with Gasteiger partial charge in [-0.1, -0.05) is 23.8 Å². The monoisotopic (exact) mass is 245 g/mol. The highest BCUT2D eigenvalue weighted by Crippen LogP contribution is 2.27. The van der Waals surface area contributed by atoms with Crippen molar-refractivity contribution in [2.45, 2.75) is 39.5 Å². The number of amides is 2. The lowest BCUT2D eigenvalue weighted by atomic mass is 9.86. The van der Waals surface area contributed by atoms with Gasteiger partial charge in [-0.25, -0.2) is 0 Å². The standard InChI is InChI=1S/C15H19NO2/c1-10-5-3-4-6-12(9-11(10)2)13-7-8-14(17)16-15(13)18/h5-6,9,13H,3-4,7-8H2,1-2H3,(H,16,17,18)/b10-5-,11-9-,12-6?. The average molecular weight is 245 g/mol. The molecule has 0 spiro atoms. The van der Waals surface area contributed by atoms with Crippen molar-refractivity contribution in [3.8, 4) is 0 Å². The molecule has 96 valence electrons. The first-order valence-electron chi connectivity index (χ1n) is 6.47. The summed E-state index contributed by atoms with van der Waals surface area (Å²) in [6.07, 6.45) is 9.47. The molecule has 3 nitrogen and oxygen atoms in total. The Morgan fingerprint density at radius 1 is 1.11 bits per heavy atom. The van der Waals surface area contributed by atoms with Gasteiger partial charge >= 0.3 is 0 Å². The molecule has 2 amide bonds. The highest BCUT2D eigenvalue weighted by atomic mass is 16.2. The fourth-order valence-corrected chi connectivity index (χ4v) is 2.39. The molecule has 1 N–H and O–H groups in total. The second kappa shape index (κ2) is 5.34. The summed E-state index contributed by atoms with van der Waals surface area (Å²) in [4.78, 5) is 23.0. The molecule has 0 saturated carbocycles. The zero-order valence-electron chi connectivity index (χ0n) is 11.0. The Bertz CT molecular complexity index is 469. The SMILES string of the molecule is CC1=C/CCC=C(C2CCC(=O)NC2=O)/C=C\1C. The van der Waals surface area contributed by atoms with Crippen molar-refractivity contribution in [2.24, 2.45) is 5.92 Å². The molecule has 0 aromatic rings. The number of imide groups is 1. The molecule has 0 aromatic carbocycles. The van der Waals surface area contributed by atoms with Crippen molar-refractivity contribution in [1.29, 1.82) is 0 Å². The van der Waals surface area contributed by atoms with Gasteiger partial charge in [0.2, 0.25) is 11.8 Å². The van der Waals surface area contributed by atoms with E-state index in [2.05, 4.69) is 37.4 Å². The first kappa shape index (κ1) is 12.8. The van der Waals surface area contributed by atoms with E-state index in [0.717, 1.165) is 18.4 Å². The smallest absolute Gasteiger partial charge is 0.234 e. The summed E-state index contributed by atoms with van der Waals surface area (Å²) in [7, 11) is 0. The minimum Gasteiger partial charge on any atom is -0.296 e. The molecule has 1 saturated heterocycles. The Morgan fingerprint density at radius 3 is 2.56 bits per heavy atom. The lowest BCUT2D eigenvalue weighted by Gasteiger charge is -2.23. The summed E-state index contributed by atoms with van der Waals surface area (Å²) < 4.78 is 0. The van der Waals surface area contributed by atoms with Crippen LogP contribution >= 0.6 is 0 Å². The van der Waals surface area contributed by atoms with E-state index in [4.69, 9.17) is 0 Å². The van der Waals surface area contributed by atoms with Crippen LogP contribution in [0.3, 0.4) is 0 Å². The van der Waals surface area contributed by atoms with Crippen molar-refractivity contribution < 1.29 is 9.59 Å². The van der Waals surface area contributed by atoms with Crippen LogP contribution in [0.25, 0.3) is 0 Å². The van der Waals surface area contributed by atoms with Crippen LogP contribution in [-0.4, -0.2) is 11.8 Å². The molecule has 3 heteroatoms. The molecule has 1 aliphatic carbocycles. The number of carbonyl (C=O) groups is 2. The van der Waals surface area contributed by atoms with Gasteiger partial charge in [-0.3, -0.25) is 14.9 Å². The molecular weight excluding hydrogens is 226 g/mol. The Labute approximate surface area is 108 Å². The van der Waals surface area contributed by atoms with Gasteiger partial charge in [0.1, 0.15) is 0 Å². The Kier molecular flexibility index (Phi) is 3.80. The van der Waals surface area contributed by atoms with E-state index in [1.54, 1.807) is 0 Å². The molecule has 2 aliphatic rings. The predicted molar refractivity (Wildman–Crippen MR) is 70.7 cm³/mol. The van der Waals surface area contributed by atoms with Crippen molar-refractivity contribution in [3.63, 3.8) is 0 Å². The van der Waals surface area contributed by atoms with Crippen LogP contribution in [0.4, 0.5) is 0 Å². The zero-order chi connectivity index (χ0) is 13.1. The summed E-state index contributed by atoms with van der Waals surface area (Å²) in [5, 5.41) is 2.43. The second-order valence-corrected chi connectivity index (χ2v) is 5.00. The van der Waals surface area contributed by atoms with Crippen LogP contribution < -0.4 is 5.32 Å². The van der Waals surface area contributed by atoms with E-state index < -0.39 is 0 Å². The number of rotatable bonds is 1. The highest BCUT2D eigenvalue weighted by molar-refractivity contribution is 6.00. The lowest BCUT2D eigenvalue weighted by Crippen LogP contribution is -2.41. The topological polar surface area (TPSA) is 46.2 Å². The number of nitrogens with one attached hydrogen (secondary N) is 1. The molecule has 1 fully saturated rings. The van der Waals surface area contributed by atoms with Crippen molar-refractivity contribution in [1.82, 2.24) is 5.32 Å². The molecule has 1 heterocycles. The number of allylic oxidation sites excluding steroid dienone is 5. The summed E-state index contributed by atoms with van der Waals surface area (Å²) in [6.45, 7) is 4.16. The summed E-state index contributed by atoms with van der Waals surface area (Å²) in [5.74, 6) is -0.466. The van der Waals surface area contributed by atoms with Crippen molar-refractivity contribution in [2.75, 3.05) is 0 Å². The third-order valence-electron chi connectivity index (χ3n) is 3.64. The average Bonchev–Trinajstić information content (AvgIpc) is 2.31. The van der Waals surface area contributed by atoms with Gasteiger partial charge in [-0.15, -0.1) is 0 Å². The van der Waals surface area contributed by atoms with E-state index in [-0.39, 0.29) is 17.7 Å². The quantitative estimate of drug-likeness (QED) is 0.722. The molecule has 0 radical (unpaired) electrons. The van der Waals surface area contributed by atoms with Gasteiger partial charge in [-0.2, -0.15) is 0 Å². The van der Waals surface area contributed by atoms with Crippen LogP contribution in [0.15, 0.2) is 34.9 Å². The lowest BCUT2D eigenvalue weighted by molar-refractivity contribution is -0.135.